The molecule has 0 radical (unpaired) electrons. The predicted octanol–water partition coefficient (Wildman–Crippen LogP) is 4.13. The second kappa shape index (κ2) is 8.18. The van der Waals surface area contributed by atoms with Gasteiger partial charge in [-0.3, -0.25) is 4.79 Å². The first-order valence-corrected chi connectivity index (χ1v) is 9.62. The number of nitrogens with zero attached hydrogens (tertiary/aromatic N) is 4. The molecule has 3 aromatic rings. The molecule has 0 aliphatic carbocycles. The largest absolute Gasteiger partial charge is 0.416 e. The summed E-state index contributed by atoms with van der Waals surface area (Å²) < 4.78 is 88.4. The number of carbonyl (C=O) groups excluding carboxylic acids is 1. The summed E-state index contributed by atoms with van der Waals surface area (Å²) in [5.41, 5.74) is -3.48. The molecule has 4 rings (SSSR count). The van der Waals surface area contributed by atoms with Gasteiger partial charge in [-0.05, 0) is 31.2 Å². The lowest BCUT2D eigenvalue weighted by molar-refractivity contribution is -0.137. The van der Waals surface area contributed by atoms with E-state index in [9.17, 15) is 31.1 Å². The molecule has 0 unspecified atom stereocenters. The lowest BCUT2D eigenvalue weighted by Gasteiger charge is -2.34. The average Bonchev–Trinajstić information content (AvgIpc) is 3.36. The fraction of sp³-hybridized carbons (Fsp3) is 0.286. The van der Waals surface area contributed by atoms with Crippen molar-refractivity contribution in [3.05, 3.63) is 83.2 Å². The monoisotopic (exact) mass is 470 g/mol. The lowest BCUT2D eigenvalue weighted by Crippen LogP contribution is -2.46. The molecule has 1 aliphatic rings. The first kappa shape index (κ1) is 22.8. The maximum Gasteiger partial charge on any atom is 0.416 e. The van der Waals surface area contributed by atoms with E-state index in [4.69, 9.17) is 4.74 Å². The SMILES string of the molecule is C[C@H]1N(C(=O)c2ccc(C(F)(F)F)cc2F)CO[C@@]1(Cn1cncn1)c1ccc(F)cc1F. The number of carbonyl (C=O) groups is 1. The van der Waals surface area contributed by atoms with Crippen molar-refractivity contribution in [1.82, 2.24) is 19.7 Å². The topological polar surface area (TPSA) is 60.2 Å². The van der Waals surface area contributed by atoms with Crippen LogP contribution < -0.4 is 0 Å². The van der Waals surface area contributed by atoms with Crippen LogP contribution in [0, 0.1) is 17.5 Å². The standard InChI is InChI=1S/C21H16F6N4O2/c1-12-20(8-30-10-28-9-29-30,16-5-3-14(22)7-18(16)24)33-11-31(12)19(32)15-4-2-13(6-17(15)23)21(25,26)27/h2-7,9-10,12H,8,11H2,1H3/t12-,20-/m1/s1. The van der Waals surface area contributed by atoms with Gasteiger partial charge in [0.2, 0.25) is 0 Å². The summed E-state index contributed by atoms with van der Waals surface area (Å²) in [4.78, 5) is 17.9. The van der Waals surface area contributed by atoms with Gasteiger partial charge in [0.05, 0.1) is 23.7 Å². The number of hydrogen-bond acceptors (Lipinski definition) is 4. The van der Waals surface area contributed by atoms with E-state index in [1.165, 1.54) is 30.3 Å². The van der Waals surface area contributed by atoms with Crippen molar-refractivity contribution in [1.29, 1.82) is 0 Å². The number of halogens is 6. The second-order valence-electron chi connectivity index (χ2n) is 7.52. The quantitative estimate of drug-likeness (QED) is 0.539. The Morgan fingerprint density at radius 1 is 1.15 bits per heavy atom. The van der Waals surface area contributed by atoms with E-state index in [-0.39, 0.29) is 18.2 Å². The van der Waals surface area contributed by atoms with Crippen LogP contribution in [0.2, 0.25) is 0 Å². The number of amides is 1. The molecule has 1 fully saturated rings. The van der Waals surface area contributed by atoms with Crippen molar-refractivity contribution in [2.45, 2.75) is 31.3 Å². The zero-order chi connectivity index (χ0) is 24.0. The fourth-order valence-corrected chi connectivity index (χ4v) is 3.88. The first-order valence-electron chi connectivity index (χ1n) is 9.62. The number of aromatic nitrogens is 3. The fourth-order valence-electron chi connectivity index (χ4n) is 3.88. The summed E-state index contributed by atoms with van der Waals surface area (Å²) in [6.45, 7) is 0.953. The van der Waals surface area contributed by atoms with Gasteiger partial charge >= 0.3 is 6.18 Å². The van der Waals surface area contributed by atoms with E-state index in [1.54, 1.807) is 0 Å². The van der Waals surface area contributed by atoms with Gasteiger partial charge in [0, 0.05) is 11.6 Å². The van der Waals surface area contributed by atoms with E-state index >= 15 is 0 Å². The third kappa shape index (κ3) is 4.06. The van der Waals surface area contributed by atoms with Crippen LogP contribution >= 0.6 is 0 Å². The Morgan fingerprint density at radius 2 is 1.91 bits per heavy atom. The van der Waals surface area contributed by atoms with Crippen LogP contribution in [-0.4, -0.2) is 38.3 Å². The Kier molecular flexibility index (Phi) is 5.64. The Bertz CT molecular complexity index is 1180. The molecule has 2 heterocycles. The van der Waals surface area contributed by atoms with Gasteiger partial charge in [-0.2, -0.15) is 18.3 Å². The first-order chi connectivity index (χ1) is 15.5. The Balaban J connectivity index is 1.72. The van der Waals surface area contributed by atoms with Gasteiger partial charge in [0.25, 0.3) is 5.91 Å². The molecule has 0 saturated carbocycles. The van der Waals surface area contributed by atoms with E-state index in [0.717, 1.165) is 17.0 Å². The normalized spacial score (nSPS) is 20.9. The zero-order valence-electron chi connectivity index (χ0n) is 17.0. The van der Waals surface area contributed by atoms with Crippen LogP contribution in [0.5, 0.6) is 0 Å². The number of benzene rings is 2. The van der Waals surface area contributed by atoms with Gasteiger partial charge in [-0.25, -0.2) is 22.8 Å². The Labute approximate surface area is 183 Å². The number of ether oxygens (including phenoxy) is 1. The Hall–Kier alpha value is -3.41. The van der Waals surface area contributed by atoms with Crippen LogP contribution in [0.4, 0.5) is 26.3 Å². The summed E-state index contributed by atoms with van der Waals surface area (Å²) in [6.07, 6.45) is -2.21. The maximum absolute atomic E-state index is 14.8. The van der Waals surface area contributed by atoms with Gasteiger partial charge < -0.3 is 9.64 Å². The molecule has 6 nitrogen and oxygen atoms in total. The highest BCUT2D eigenvalue weighted by molar-refractivity contribution is 5.95. The van der Waals surface area contributed by atoms with Gasteiger partial charge in [-0.15, -0.1) is 0 Å². The zero-order valence-corrected chi connectivity index (χ0v) is 17.0. The number of hydrogen-bond donors (Lipinski definition) is 0. The van der Waals surface area contributed by atoms with Crippen LogP contribution in [0.15, 0.2) is 49.1 Å². The Morgan fingerprint density at radius 3 is 2.52 bits per heavy atom. The molecule has 12 heteroatoms. The second-order valence-corrected chi connectivity index (χ2v) is 7.52. The van der Waals surface area contributed by atoms with E-state index < -0.39 is 59.0 Å². The maximum atomic E-state index is 14.8. The summed E-state index contributed by atoms with van der Waals surface area (Å²) in [5, 5.41) is 3.97. The molecule has 1 amide bonds. The molecule has 0 bridgehead atoms. The van der Waals surface area contributed by atoms with Crippen molar-refractivity contribution < 1.29 is 35.9 Å². The molecule has 0 spiro atoms. The van der Waals surface area contributed by atoms with Crippen molar-refractivity contribution in [3.63, 3.8) is 0 Å². The summed E-state index contributed by atoms with van der Waals surface area (Å²) in [6, 6.07) is 3.48. The van der Waals surface area contributed by atoms with Crippen LogP contribution in [0.25, 0.3) is 0 Å². The summed E-state index contributed by atoms with van der Waals surface area (Å²) >= 11 is 0. The van der Waals surface area contributed by atoms with Crippen molar-refractivity contribution in [2.75, 3.05) is 6.73 Å². The number of rotatable bonds is 4. The molecule has 1 saturated heterocycles. The van der Waals surface area contributed by atoms with Gasteiger partial charge in [0.1, 0.15) is 42.4 Å². The average molecular weight is 470 g/mol. The third-order valence-electron chi connectivity index (χ3n) is 5.64. The predicted molar refractivity (Wildman–Crippen MR) is 101 cm³/mol. The van der Waals surface area contributed by atoms with Crippen LogP contribution in [0.3, 0.4) is 0 Å². The van der Waals surface area contributed by atoms with Crippen molar-refractivity contribution in [3.8, 4) is 0 Å². The number of alkyl halides is 3. The van der Waals surface area contributed by atoms with Crippen molar-refractivity contribution in [2.24, 2.45) is 0 Å². The molecule has 33 heavy (non-hydrogen) atoms. The minimum absolute atomic E-state index is 0.0740. The highest BCUT2D eigenvalue weighted by Gasteiger charge is 2.51. The smallest absolute Gasteiger partial charge is 0.346 e. The van der Waals surface area contributed by atoms with E-state index in [2.05, 4.69) is 10.1 Å². The molecule has 1 aliphatic heterocycles. The van der Waals surface area contributed by atoms with Crippen molar-refractivity contribution >= 4 is 5.91 Å². The summed E-state index contributed by atoms with van der Waals surface area (Å²) in [7, 11) is 0. The minimum Gasteiger partial charge on any atom is -0.346 e. The summed E-state index contributed by atoms with van der Waals surface area (Å²) in [5.74, 6) is -4.06. The molecule has 174 valence electrons. The van der Waals surface area contributed by atoms with E-state index in [0.29, 0.717) is 12.1 Å². The molecule has 2 atom stereocenters. The highest BCUT2D eigenvalue weighted by Crippen LogP contribution is 2.41. The molecular weight excluding hydrogens is 454 g/mol. The van der Waals surface area contributed by atoms with Gasteiger partial charge in [-0.1, -0.05) is 6.07 Å². The van der Waals surface area contributed by atoms with Gasteiger partial charge in [0.15, 0.2) is 0 Å². The third-order valence-corrected chi connectivity index (χ3v) is 5.64. The molecule has 0 N–H and O–H groups in total. The van der Waals surface area contributed by atoms with Crippen LogP contribution in [-0.2, 0) is 23.1 Å². The lowest BCUT2D eigenvalue weighted by atomic mass is 9.86. The molecule has 1 aromatic heterocycles. The highest BCUT2D eigenvalue weighted by atomic mass is 19.4. The van der Waals surface area contributed by atoms with Crippen LogP contribution in [0.1, 0.15) is 28.4 Å². The van der Waals surface area contributed by atoms with E-state index in [1.807, 2.05) is 0 Å². The molecular formula is C21H16F6N4O2. The minimum atomic E-state index is -4.78. The molecule has 2 aromatic carbocycles.